The third-order valence-electron chi connectivity index (χ3n) is 5.40. The summed E-state index contributed by atoms with van der Waals surface area (Å²) in [6.45, 7) is 0.688. The van der Waals surface area contributed by atoms with Crippen LogP contribution in [0.4, 0.5) is 0 Å². The van der Waals surface area contributed by atoms with Crippen LogP contribution < -0.4 is 9.47 Å². The van der Waals surface area contributed by atoms with Crippen molar-refractivity contribution >= 4 is 5.91 Å². The smallest absolute Gasteiger partial charge is 0.258 e. The highest BCUT2D eigenvalue weighted by molar-refractivity contribution is 5.97. The van der Waals surface area contributed by atoms with Crippen molar-refractivity contribution in [3.05, 3.63) is 60.2 Å². The van der Waals surface area contributed by atoms with Crippen LogP contribution in [-0.4, -0.2) is 46.8 Å². The van der Waals surface area contributed by atoms with Crippen LogP contribution in [0.5, 0.6) is 11.5 Å². The van der Waals surface area contributed by atoms with E-state index in [1.165, 1.54) is 0 Å². The van der Waals surface area contributed by atoms with Gasteiger partial charge in [-0.25, -0.2) is 0 Å². The highest BCUT2D eigenvalue weighted by Gasteiger charge is 2.32. The molecule has 0 radical (unpaired) electrons. The monoisotopic (exact) mass is 392 g/mol. The fraction of sp³-hybridized carbons (Fsp3) is 0.318. The third kappa shape index (κ3) is 3.68. The van der Waals surface area contributed by atoms with Crippen LogP contribution in [0.15, 0.2) is 48.9 Å². The predicted molar refractivity (Wildman–Crippen MR) is 109 cm³/mol. The number of likely N-dealkylation sites (tertiary alicyclic amines) is 1. The van der Waals surface area contributed by atoms with E-state index in [9.17, 15) is 4.79 Å². The Morgan fingerprint density at radius 3 is 2.72 bits per heavy atom. The van der Waals surface area contributed by atoms with Crippen molar-refractivity contribution in [3.8, 4) is 22.6 Å². The number of nitrogens with zero attached hydrogens (tertiary/aromatic N) is 3. The average molecular weight is 392 g/mol. The molecule has 1 amide bonds. The fourth-order valence-corrected chi connectivity index (χ4v) is 3.92. The number of piperidine rings is 1. The lowest BCUT2D eigenvalue weighted by Gasteiger charge is -2.36. The third-order valence-corrected chi connectivity index (χ3v) is 5.40. The summed E-state index contributed by atoms with van der Waals surface area (Å²) in [6, 6.07) is 9.13. The maximum Gasteiger partial charge on any atom is 0.258 e. The molecule has 1 atom stereocenters. The molecule has 7 nitrogen and oxygen atoms in total. The minimum absolute atomic E-state index is 0.0514. The van der Waals surface area contributed by atoms with Crippen molar-refractivity contribution in [1.29, 1.82) is 0 Å². The normalized spacial score (nSPS) is 16.5. The van der Waals surface area contributed by atoms with Gasteiger partial charge in [-0.2, -0.15) is 5.10 Å². The summed E-state index contributed by atoms with van der Waals surface area (Å²) in [5, 5.41) is 7.41. The Labute approximate surface area is 169 Å². The van der Waals surface area contributed by atoms with E-state index in [2.05, 4.69) is 15.2 Å². The van der Waals surface area contributed by atoms with E-state index in [0.717, 1.165) is 36.1 Å². The van der Waals surface area contributed by atoms with E-state index >= 15 is 0 Å². The zero-order valence-electron chi connectivity index (χ0n) is 16.6. The van der Waals surface area contributed by atoms with E-state index in [0.29, 0.717) is 23.6 Å². The first kappa shape index (κ1) is 19.0. The maximum absolute atomic E-state index is 13.5. The fourth-order valence-electron chi connectivity index (χ4n) is 3.92. The van der Waals surface area contributed by atoms with Gasteiger partial charge < -0.3 is 14.4 Å². The number of methoxy groups -OCH3 is 2. The van der Waals surface area contributed by atoms with Crippen molar-refractivity contribution in [3.63, 3.8) is 0 Å². The highest BCUT2D eigenvalue weighted by atomic mass is 16.5. The number of aromatic amines is 1. The first-order valence-electron chi connectivity index (χ1n) is 9.69. The molecule has 1 N–H and O–H groups in total. The van der Waals surface area contributed by atoms with Gasteiger partial charge in [-0.05, 0) is 49.1 Å². The second-order valence-electron chi connectivity index (χ2n) is 7.01. The van der Waals surface area contributed by atoms with Gasteiger partial charge in [0.1, 0.15) is 11.5 Å². The number of rotatable bonds is 5. The van der Waals surface area contributed by atoms with Crippen LogP contribution in [-0.2, 0) is 0 Å². The van der Waals surface area contributed by atoms with Gasteiger partial charge in [-0.1, -0.05) is 0 Å². The largest absolute Gasteiger partial charge is 0.497 e. The van der Waals surface area contributed by atoms with E-state index in [-0.39, 0.29) is 11.9 Å². The number of H-pyrrole nitrogens is 1. The molecule has 3 aromatic rings. The number of aromatic nitrogens is 3. The second kappa shape index (κ2) is 8.34. The topological polar surface area (TPSA) is 80.3 Å². The molecule has 1 fully saturated rings. The molecule has 0 aliphatic carbocycles. The molecule has 1 aliphatic rings. The van der Waals surface area contributed by atoms with Crippen LogP contribution in [0.25, 0.3) is 11.1 Å². The van der Waals surface area contributed by atoms with E-state index in [4.69, 9.17) is 9.47 Å². The van der Waals surface area contributed by atoms with Crippen molar-refractivity contribution in [2.24, 2.45) is 0 Å². The first-order chi connectivity index (χ1) is 14.2. The molecule has 1 aromatic carbocycles. The number of benzene rings is 1. The number of hydrogen-bond donors (Lipinski definition) is 1. The summed E-state index contributed by atoms with van der Waals surface area (Å²) in [5.74, 6) is 1.12. The number of ether oxygens (including phenoxy) is 2. The van der Waals surface area contributed by atoms with Gasteiger partial charge >= 0.3 is 0 Å². The van der Waals surface area contributed by atoms with Crippen LogP contribution >= 0.6 is 0 Å². The summed E-state index contributed by atoms with van der Waals surface area (Å²) < 4.78 is 10.7. The van der Waals surface area contributed by atoms with Gasteiger partial charge in [0.15, 0.2) is 0 Å². The van der Waals surface area contributed by atoms with Crippen LogP contribution in [0.1, 0.15) is 41.4 Å². The summed E-state index contributed by atoms with van der Waals surface area (Å²) in [4.78, 5) is 19.5. The lowest BCUT2D eigenvalue weighted by Crippen LogP contribution is -2.39. The van der Waals surface area contributed by atoms with Crippen LogP contribution in [0.3, 0.4) is 0 Å². The Balaban J connectivity index is 1.69. The standard InChI is InChI=1S/C22H24N4O3/c1-28-16-6-7-17(20(13-16)29-2)22(27)26-12-4-3-5-19(26)21-18(14-24-25-21)15-8-10-23-11-9-15/h6-11,13-14,19H,3-5,12H2,1-2H3,(H,24,25). The van der Waals surface area contributed by atoms with Crippen molar-refractivity contribution < 1.29 is 14.3 Å². The molecular weight excluding hydrogens is 368 g/mol. The molecule has 1 saturated heterocycles. The zero-order valence-corrected chi connectivity index (χ0v) is 16.6. The molecule has 0 saturated carbocycles. The number of carbonyl (C=O) groups is 1. The van der Waals surface area contributed by atoms with Crippen molar-refractivity contribution in [2.75, 3.05) is 20.8 Å². The molecule has 0 bridgehead atoms. The Hall–Kier alpha value is -3.35. The van der Waals surface area contributed by atoms with Gasteiger partial charge in [0, 0.05) is 30.6 Å². The quantitative estimate of drug-likeness (QED) is 0.713. The van der Waals surface area contributed by atoms with Gasteiger partial charge in [0.25, 0.3) is 5.91 Å². The van der Waals surface area contributed by atoms with Crippen molar-refractivity contribution in [2.45, 2.75) is 25.3 Å². The molecule has 1 aliphatic heterocycles. The van der Waals surface area contributed by atoms with E-state index < -0.39 is 0 Å². The summed E-state index contributed by atoms with van der Waals surface area (Å²) in [6.07, 6.45) is 8.25. The minimum atomic E-state index is -0.0753. The highest BCUT2D eigenvalue weighted by Crippen LogP contribution is 2.37. The molecule has 2 aromatic heterocycles. The van der Waals surface area contributed by atoms with E-state index in [1.54, 1.807) is 44.8 Å². The van der Waals surface area contributed by atoms with Crippen LogP contribution in [0.2, 0.25) is 0 Å². The first-order valence-corrected chi connectivity index (χ1v) is 9.69. The Morgan fingerprint density at radius 2 is 1.97 bits per heavy atom. The van der Waals surface area contributed by atoms with Gasteiger partial charge in [-0.3, -0.25) is 14.9 Å². The van der Waals surface area contributed by atoms with Crippen molar-refractivity contribution in [1.82, 2.24) is 20.1 Å². The molecule has 4 rings (SSSR count). The van der Waals surface area contributed by atoms with Crippen LogP contribution in [0, 0.1) is 0 Å². The predicted octanol–water partition coefficient (Wildman–Crippen LogP) is 3.86. The molecule has 150 valence electrons. The summed E-state index contributed by atoms with van der Waals surface area (Å²) in [5.41, 5.74) is 3.52. The van der Waals surface area contributed by atoms with Gasteiger partial charge in [-0.15, -0.1) is 0 Å². The second-order valence-corrected chi connectivity index (χ2v) is 7.01. The molecule has 1 unspecified atom stereocenters. The SMILES string of the molecule is COc1ccc(C(=O)N2CCCCC2c2[nH]ncc2-c2ccncc2)c(OC)c1. The Bertz CT molecular complexity index is 987. The Kier molecular flexibility index (Phi) is 5.46. The summed E-state index contributed by atoms with van der Waals surface area (Å²) >= 11 is 0. The summed E-state index contributed by atoms with van der Waals surface area (Å²) in [7, 11) is 3.16. The lowest BCUT2D eigenvalue weighted by molar-refractivity contribution is 0.0603. The molecule has 0 spiro atoms. The minimum Gasteiger partial charge on any atom is -0.497 e. The molecule has 29 heavy (non-hydrogen) atoms. The van der Waals surface area contributed by atoms with Gasteiger partial charge in [0.05, 0.1) is 37.7 Å². The maximum atomic E-state index is 13.5. The number of carbonyl (C=O) groups excluding carboxylic acids is 1. The van der Waals surface area contributed by atoms with Gasteiger partial charge in [0.2, 0.25) is 0 Å². The molecule has 7 heteroatoms. The number of pyridine rings is 1. The average Bonchev–Trinajstić information content (AvgIpc) is 3.28. The zero-order chi connectivity index (χ0) is 20.2. The molecule has 3 heterocycles. The number of nitrogens with one attached hydrogen (secondary N) is 1. The number of hydrogen-bond acceptors (Lipinski definition) is 5. The Morgan fingerprint density at radius 1 is 1.14 bits per heavy atom. The van der Waals surface area contributed by atoms with E-state index in [1.807, 2.05) is 23.2 Å². The number of amides is 1. The molecular formula is C22H24N4O3. The lowest BCUT2D eigenvalue weighted by atomic mass is 9.94.